The zero-order valence-electron chi connectivity index (χ0n) is 18.5. The number of benzene rings is 1. The lowest BCUT2D eigenvalue weighted by Gasteiger charge is -2.09. The summed E-state index contributed by atoms with van der Waals surface area (Å²) in [7, 11) is 0. The molecule has 0 fully saturated rings. The van der Waals surface area contributed by atoms with E-state index in [1.807, 2.05) is 49.7 Å². The number of hydrogen-bond donors (Lipinski definition) is 2. The topological polar surface area (TPSA) is 84.2 Å². The molecule has 0 aliphatic heterocycles. The Balaban J connectivity index is 1.37. The van der Waals surface area contributed by atoms with E-state index in [9.17, 15) is 4.79 Å². The molecule has 2 N–H and O–H groups in total. The van der Waals surface area contributed by atoms with Gasteiger partial charge in [-0.15, -0.1) is 11.3 Å². The summed E-state index contributed by atoms with van der Waals surface area (Å²) in [5, 5.41) is 8.99. The second-order valence-corrected chi connectivity index (χ2v) is 8.67. The molecule has 1 amide bonds. The fraction of sp³-hybridized carbons (Fsp3) is 0.120. The van der Waals surface area contributed by atoms with E-state index in [4.69, 9.17) is 4.98 Å². The zero-order chi connectivity index (χ0) is 22.9. The van der Waals surface area contributed by atoms with Gasteiger partial charge in [0.15, 0.2) is 5.13 Å². The highest BCUT2D eigenvalue weighted by Crippen LogP contribution is 2.30. The van der Waals surface area contributed by atoms with Crippen molar-refractivity contribution in [1.29, 1.82) is 0 Å². The Kier molecular flexibility index (Phi) is 5.35. The maximum atomic E-state index is 12.7. The maximum Gasteiger partial charge on any atom is 0.255 e. The SMILES string of the molecule is Cc1ccn2c(-c3csc(Nc4cccc(C(=O)Nc5cccnc5C)c4)n3)c(C)nc2c1. The third-order valence-corrected chi connectivity index (χ3v) is 6.09. The van der Waals surface area contributed by atoms with E-state index in [0.717, 1.165) is 39.2 Å². The number of carbonyl (C=O) groups excluding carboxylic acids is 1. The van der Waals surface area contributed by atoms with Crippen molar-refractivity contribution < 1.29 is 4.79 Å². The van der Waals surface area contributed by atoms with E-state index in [1.54, 1.807) is 18.3 Å². The molecule has 0 atom stereocenters. The fourth-order valence-electron chi connectivity index (χ4n) is 3.69. The number of pyridine rings is 2. The molecule has 0 spiro atoms. The molecule has 33 heavy (non-hydrogen) atoms. The van der Waals surface area contributed by atoms with E-state index in [0.29, 0.717) is 11.3 Å². The molecule has 0 unspecified atom stereocenters. The molecule has 1 aromatic carbocycles. The number of thiazole rings is 1. The highest BCUT2D eigenvalue weighted by molar-refractivity contribution is 7.14. The second kappa shape index (κ2) is 8.48. The number of anilines is 3. The van der Waals surface area contributed by atoms with Crippen LogP contribution in [0.2, 0.25) is 0 Å². The number of aryl methyl sites for hydroxylation is 3. The van der Waals surface area contributed by atoms with Gasteiger partial charge in [0.2, 0.25) is 0 Å². The molecule has 8 heteroatoms. The van der Waals surface area contributed by atoms with Gasteiger partial charge in [0, 0.05) is 29.0 Å². The van der Waals surface area contributed by atoms with Crippen LogP contribution in [-0.4, -0.2) is 25.3 Å². The summed E-state index contributed by atoms with van der Waals surface area (Å²) in [4.78, 5) is 26.4. The van der Waals surface area contributed by atoms with Crippen molar-refractivity contribution in [1.82, 2.24) is 19.4 Å². The van der Waals surface area contributed by atoms with Gasteiger partial charge in [0.05, 0.1) is 22.8 Å². The Labute approximate surface area is 195 Å². The van der Waals surface area contributed by atoms with E-state index in [2.05, 4.69) is 44.1 Å². The first-order valence-corrected chi connectivity index (χ1v) is 11.4. The first kappa shape index (κ1) is 20.8. The van der Waals surface area contributed by atoms with Crippen molar-refractivity contribution in [2.75, 3.05) is 10.6 Å². The van der Waals surface area contributed by atoms with Crippen LogP contribution in [0.5, 0.6) is 0 Å². The first-order chi connectivity index (χ1) is 16.0. The number of aromatic nitrogens is 4. The highest BCUT2D eigenvalue weighted by atomic mass is 32.1. The van der Waals surface area contributed by atoms with Crippen molar-refractivity contribution in [3.8, 4) is 11.4 Å². The van der Waals surface area contributed by atoms with Crippen molar-refractivity contribution >= 4 is 39.4 Å². The smallest absolute Gasteiger partial charge is 0.255 e. The van der Waals surface area contributed by atoms with Crippen molar-refractivity contribution in [2.24, 2.45) is 0 Å². The van der Waals surface area contributed by atoms with E-state index >= 15 is 0 Å². The van der Waals surface area contributed by atoms with Crippen LogP contribution in [0.1, 0.15) is 27.3 Å². The van der Waals surface area contributed by atoms with Crippen LogP contribution in [0.3, 0.4) is 0 Å². The summed E-state index contributed by atoms with van der Waals surface area (Å²) in [6.07, 6.45) is 3.73. The molecular formula is C25H22N6OS. The van der Waals surface area contributed by atoms with E-state index in [-0.39, 0.29) is 5.91 Å². The third-order valence-electron chi connectivity index (χ3n) is 5.33. The second-order valence-electron chi connectivity index (χ2n) is 7.81. The lowest BCUT2D eigenvalue weighted by atomic mass is 10.2. The number of carbonyl (C=O) groups is 1. The number of fused-ring (bicyclic) bond motifs is 1. The molecule has 164 valence electrons. The van der Waals surface area contributed by atoms with Crippen LogP contribution in [0.4, 0.5) is 16.5 Å². The number of nitrogens with zero attached hydrogens (tertiary/aromatic N) is 4. The van der Waals surface area contributed by atoms with Gasteiger partial charge in [-0.25, -0.2) is 9.97 Å². The summed E-state index contributed by atoms with van der Waals surface area (Å²) in [5.74, 6) is -0.189. The predicted octanol–water partition coefficient (Wildman–Crippen LogP) is 5.77. The molecule has 0 aliphatic carbocycles. The number of imidazole rings is 1. The lowest BCUT2D eigenvalue weighted by Crippen LogP contribution is -2.13. The van der Waals surface area contributed by atoms with Crippen molar-refractivity contribution in [3.05, 3.63) is 88.8 Å². The Bertz CT molecular complexity index is 1490. The van der Waals surface area contributed by atoms with Crippen molar-refractivity contribution in [3.63, 3.8) is 0 Å². The monoisotopic (exact) mass is 454 g/mol. The summed E-state index contributed by atoms with van der Waals surface area (Å²) in [6.45, 7) is 5.91. The van der Waals surface area contributed by atoms with E-state index < -0.39 is 0 Å². The van der Waals surface area contributed by atoms with Crippen molar-refractivity contribution in [2.45, 2.75) is 20.8 Å². The lowest BCUT2D eigenvalue weighted by molar-refractivity contribution is 0.102. The van der Waals surface area contributed by atoms with Gasteiger partial charge < -0.3 is 10.6 Å². The quantitative estimate of drug-likeness (QED) is 0.352. The average Bonchev–Trinajstić information content (AvgIpc) is 3.38. The molecule has 0 bridgehead atoms. The van der Waals surface area contributed by atoms with Gasteiger partial charge in [-0.2, -0.15) is 0 Å². The molecule has 0 radical (unpaired) electrons. The van der Waals surface area contributed by atoms with E-state index in [1.165, 1.54) is 16.9 Å². The largest absolute Gasteiger partial charge is 0.332 e. The summed E-state index contributed by atoms with van der Waals surface area (Å²) < 4.78 is 2.06. The Morgan fingerprint density at radius 1 is 1.00 bits per heavy atom. The summed E-state index contributed by atoms with van der Waals surface area (Å²) in [5.41, 5.74) is 7.66. The number of rotatable bonds is 5. The van der Waals surface area contributed by atoms with Crippen LogP contribution in [-0.2, 0) is 0 Å². The molecule has 4 heterocycles. The summed E-state index contributed by atoms with van der Waals surface area (Å²) in [6, 6.07) is 15.1. The third kappa shape index (κ3) is 4.20. The number of nitrogens with one attached hydrogen (secondary N) is 2. The number of hydrogen-bond acceptors (Lipinski definition) is 6. The molecule has 0 aliphatic rings. The fourth-order valence-corrected chi connectivity index (χ4v) is 4.40. The Morgan fingerprint density at radius 3 is 2.73 bits per heavy atom. The predicted molar refractivity (Wildman–Crippen MR) is 132 cm³/mol. The molecule has 5 rings (SSSR count). The van der Waals surface area contributed by atoms with Gasteiger partial charge in [-0.3, -0.25) is 14.2 Å². The zero-order valence-corrected chi connectivity index (χ0v) is 19.3. The highest BCUT2D eigenvalue weighted by Gasteiger charge is 2.15. The van der Waals surface area contributed by atoms with Crippen LogP contribution < -0.4 is 10.6 Å². The van der Waals surface area contributed by atoms with Crippen LogP contribution in [0.25, 0.3) is 17.0 Å². The maximum absolute atomic E-state index is 12.7. The summed E-state index contributed by atoms with van der Waals surface area (Å²) >= 11 is 1.51. The number of amides is 1. The average molecular weight is 455 g/mol. The van der Waals surface area contributed by atoms with Gasteiger partial charge in [0.1, 0.15) is 11.3 Å². The first-order valence-electron chi connectivity index (χ1n) is 10.5. The Hall–Kier alpha value is -4.04. The molecule has 5 aromatic rings. The van der Waals surface area contributed by atoms with Gasteiger partial charge >= 0.3 is 0 Å². The normalized spacial score (nSPS) is 11.0. The van der Waals surface area contributed by atoms with Crippen LogP contribution in [0, 0.1) is 20.8 Å². The minimum Gasteiger partial charge on any atom is -0.332 e. The van der Waals surface area contributed by atoms with Gasteiger partial charge in [-0.1, -0.05) is 6.07 Å². The molecule has 7 nitrogen and oxygen atoms in total. The molecule has 4 aromatic heterocycles. The van der Waals surface area contributed by atoms with Gasteiger partial charge in [-0.05, 0) is 68.8 Å². The minimum absolute atomic E-state index is 0.189. The van der Waals surface area contributed by atoms with Crippen LogP contribution >= 0.6 is 11.3 Å². The Morgan fingerprint density at radius 2 is 1.88 bits per heavy atom. The minimum atomic E-state index is -0.189. The molecular weight excluding hydrogens is 432 g/mol. The molecule has 0 saturated carbocycles. The standard InChI is InChI=1S/C25H22N6OS/c1-15-9-11-31-22(12-15)27-17(3)23(31)21-14-33-25(30-21)28-19-7-4-6-18(13-19)24(32)29-20-8-5-10-26-16(20)2/h4-14H,1-3H3,(H,28,30)(H,29,32). The van der Waals surface area contributed by atoms with Crippen LogP contribution in [0.15, 0.2) is 66.3 Å². The van der Waals surface area contributed by atoms with Gasteiger partial charge in [0.25, 0.3) is 5.91 Å². The molecule has 0 saturated heterocycles.